The standard InChI is InChI=1S/C25H25BrF3N3O2.C18H20BrF2N3O/c1-34-22-8-6-17(14-18(22)27)31-21(3-2-4-23(31)33)24-30-19-13-15(26)5-7-20(19)32(24)16-9-11-25(28,29)12-10-16;19-11-4-5-15-14(10-11)23-17(13-2-1-3-16(25)22-13)24(15)12-6-8-18(20,21)9-7-12/h5-8,13-14,16,21H,2-4,9-12H2,1H3;4-5,10,12-13H,1-3,6-9H2,(H,22,25). The molecule has 2 atom stereocenters. The molecule has 2 aromatic heterocycles. The van der Waals surface area contributed by atoms with Crippen molar-refractivity contribution in [2.75, 3.05) is 12.0 Å². The first kappa shape index (κ1) is 41.7. The molecule has 9 rings (SSSR count). The topological polar surface area (TPSA) is 94.3 Å². The highest BCUT2D eigenvalue weighted by atomic mass is 79.9. The largest absolute Gasteiger partial charge is 0.494 e. The number of halogens is 7. The number of alkyl halides is 4. The molecule has 4 fully saturated rings. The SMILES string of the molecule is COc1ccc(N2C(=O)CCCC2c2nc3cc(Br)ccc3n2C2CCC(F)(F)CC2)cc1F.O=C1CCCC(c2nc3cc(Br)ccc3n2C2CCC(F)(F)CC2)N1. The van der Waals surface area contributed by atoms with Crippen LogP contribution in [0.5, 0.6) is 5.75 Å². The van der Waals surface area contributed by atoms with Crippen LogP contribution in [0.4, 0.5) is 27.6 Å². The molecule has 9 nitrogen and oxygen atoms in total. The van der Waals surface area contributed by atoms with Crippen LogP contribution in [0.1, 0.15) is 126 Å². The van der Waals surface area contributed by atoms with E-state index in [0.717, 1.165) is 49.7 Å². The van der Waals surface area contributed by atoms with Crippen LogP contribution in [0.25, 0.3) is 22.1 Å². The zero-order chi connectivity index (χ0) is 41.6. The van der Waals surface area contributed by atoms with Crippen LogP contribution in [-0.4, -0.2) is 49.9 Å². The van der Waals surface area contributed by atoms with E-state index >= 15 is 0 Å². The Kier molecular flexibility index (Phi) is 11.9. The molecule has 59 heavy (non-hydrogen) atoms. The Bertz CT molecular complexity index is 2370. The first-order chi connectivity index (χ1) is 28.2. The van der Waals surface area contributed by atoms with Crippen LogP contribution in [0.2, 0.25) is 0 Å². The molecule has 4 aliphatic rings. The Hall–Kier alpha value is -4.05. The second-order valence-electron chi connectivity index (χ2n) is 16.1. The summed E-state index contributed by atoms with van der Waals surface area (Å²) in [7, 11) is 1.39. The highest BCUT2D eigenvalue weighted by Gasteiger charge is 2.41. The number of aromatic nitrogens is 4. The summed E-state index contributed by atoms with van der Waals surface area (Å²) in [5.41, 5.74) is 3.81. The van der Waals surface area contributed by atoms with Crippen molar-refractivity contribution in [1.29, 1.82) is 0 Å². The Morgan fingerprint density at radius 3 is 1.80 bits per heavy atom. The molecule has 4 heterocycles. The molecule has 0 spiro atoms. The fourth-order valence-electron chi connectivity index (χ4n) is 9.24. The highest BCUT2D eigenvalue weighted by Crippen LogP contribution is 2.45. The van der Waals surface area contributed by atoms with Gasteiger partial charge in [0.2, 0.25) is 23.7 Å². The Morgan fingerprint density at radius 1 is 0.712 bits per heavy atom. The second kappa shape index (κ2) is 16.8. The van der Waals surface area contributed by atoms with E-state index in [2.05, 4.69) is 41.7 Å². The number of anilines is 1. The summed E-state index contributed by atoms with van der Waals surface area (Å²) >= 11 is 6.95. The molecule has 3 aromatic carbocycles. The predicted molar refractivity (Wildman–Crippen MR) is 222 cm³/mol. The maximum Gasteiger partial charge on any atom is 0.248 e. The van der Waals surface area contributed by atoms with Gasteiger partial charge in [0.15, 0.2) is 11.6 Å². The molecule has 0 radical (unpaired) electrons. The average molecular weight is 949 g/mol. The van der Waals surface area contributed by atoms with E-state index in [4.69, 9.17) is 14.7 Å². The third-order valence-corrected chi connectivity index (χ3v) is 13.2. The van der Waals surface area contributed by atoms with Crippen LogP contribution >= 0.6 is 31.9 Å². The number of carbonyl (C=O) groups is 2. The van der Waals surface area contributed by atoms with Gasteiger partial charge in [-0.1, -0.05) is 31.9 Å². The maximum absolute atomic E-state index is 14.6. The number of nitrogens with zero attached hydrogens (tertiary/aromatic N) is 5. The molecular formula is C43H45Br2F5N6O3. The van der Waals surface area contributed by atoms with E-state index in [1.165, 1.54) is 19.2 Å². The second-order valence-corrected chi connectivity index (χ2v) is 18.0. The number of rotatable bonds is 6. The Labute approximate surface area is 355 Å². The molecule has 1 N–H and O–H groups in total. The Balaban J connectivity index is 0.000000172. The van der Waals surface area contributed by atoms with Gasteiger partial charge in [-0.15, -0.1) is 0 Å². The highest BCUT2D eigenvalue weighted by molar-refractivity contribution is 9.10. The summed E-state index contributed by atoms with van der Waals surface area (Å²) in [5, 5.41) is 3.02. The number of hydrogen-bond acceptors (Lipinski definition) is 5. The smallest absolute Gasteiger partial charge is 0.248 e. The molecule has 2 saturated carbocycles. The van der Waals surface area contributed by atoms with Gasteiger partial charge in [0.05, 0.1) is 41.3 Å². The van der Waals surface area contributed by atoms with Gasteiger partial charge in [0.25, 0.3) is 0 Å². The van der Waals surface area contributed by atoms with E-state index in [9.17, 15) is 31.5 Å². The molecule has 2 unspecified atom stereocenters. The normalized spacial score (nSPS) is 22.6. The fourth-order valence-corrected chi connectivity index (χ4v) is 9.94. The molecule has 2 amide bonds. The molecule has 0 bridgehead atoms. The van der Waals surface area contributed by atoms with Crippen LogP contribution in [-0.2, 0) is 9.59 Å². The lowest BCUT2D eigenvalue weighted by atomic mass is 9.91. The van der Waals surface area contributed by atoms with Gasteiger partial charge in [0, 0.05) is 71.3 Å². The number of imidazole rings is 2. The summed E-state index contributed by atoms with van der Waals surface area (Å²) in [4.78, 5) is 36.2. The monoisotopic (exact) mass is 946 g/mol. The first-order valence-electron chi connectivity index (χ1n) is 20.3. The van der Waals surface area contributed by atoms with Crippen molar-refractivity contribution in [3.63, 3.8) is 0 Å². The molecule has 2 saturated heterocycles. The molecule has 2 aliphatic heterocycles. The van der Waals surface area contributed by atoms with E-state index in [-0.39, 0.29) is 61.4 Å². The summed E-state index contributed by atoms with van der Waals surface area (Å²) < 4.78 is 80.6. The number of ether oxygens (including phenoxy) is 1. The Morgan fingerprint density at radius 2 is 1.25 bits per heavy atom. The number of hydrogen-bond donors (Lipinski definition) is 1. The van der Waals surface area contributed by atoms with Gasteiger partial charge in [-0.05, 0) is 99.9 Å². The average Bonchev–Trinajstić information content (AvgIpc) is 3.76. The fraction of sp³-hybridized carbons (Fsp3) is 0.488. The first-order valence-corrected chi connectivity index (χ1v) is 21.8. The van der Waals surface area contributed by atoms with E-state index < -0.39 is 23.7 Å². The number of piperidine rings is 2. The van der Waals surface area contributed by atoms with Gasteiger partial charge in [-0.2, -0.15) is 0 Å². The lowest BCUT2D eigenvalue weighted by Gasteiger charge is -2.37. The zero-order valence-corrected chi connectivity index (χ0v) is 35.7. The molecule has 5 aromatic rings. The molecule has 2 aliphatic carbocycles. The molecule has 314 valence electrons. The molecular weight excluding hydrogens is 903 g/mol. The van der Waals surface area contributed by atoms with Crippen molar-refractivity contribution in [2.24, 2.45) is 0 Å². The van der Waals surface area contributed by atoms with Crippen molar-refractivity contribution >= 4 is 71.4 Å². The number of methoxy groups -OCH3 is 1. The van der Waals surface area contributed by atoms with Crippen molar-refractivity contribution in [2.45, 2.75) is 126 Å². The lowest BCUT2D eigenvalue weighted by Crippen LogP contribution is -2.40. The minimum atomic E-state index is -2.65. The maximum atomic E-state index is 14.6. The zero-order valence-electron chi connectivity index (χ0n) is 32.5. The van der Waals surface area contributed by atoms with Gasteiger partial charge in [0.1, 0.15) is 11.6 Å². The van der Waals surface area contributed by atoms with E-state index in [1.807, 2.05) is 41.0 Å². The van der Waals surface area contributed by atoms with Crippen LogP contribution in [0, 0.1) is 5.82 Å². The quantitative estimate of drug-likeness (QED) is 0.171. The van der Waals surface area contributed by atoms with Crippen LogP contribution in [0.15, 0.2) is 63.5 Å². The van der Waals surface area contributed by atoms with E-state index in [1.54, 1.807) is 11.0 Å². The lowest BCUT2D eigenvalue weighted by molar-refractivity contribution is -0.123. The minimum absolute atomic E-state index is 0.000343. The predicted octanol–water partition coefficient (Wildman–Crippen LogP) is 11.8. The van der Waals surface area contributed by atoms with Crippen molar-refractivity contribution < 1.29 is 36.3 Å². The minimum Gasteiger partial charge on any atom is -0.494 e. The number of fused-ring (bicyclic) bond motifs is 2. The van der Waals surface area contributed by atoms with Crippen LogP contribution < -0.4 is 15.0 Å². The number of amides is 2. The van der Waals surface area contributed by atoms with Gasteiger partial charge < -0.3 is 24.1 Å². The van der Waals surface area contributed by atoms with Crippen molar-refractivity contribution in [1.82, 2.24) is 24.4 Å². The third-order valence-electron chi connectivity index (χ3n) is 12.2. The number of carbonyl (C=O) groups excluding carboxylic acids is 2. The molecule has 16 heteroatoms. The third kappa shape index (κ3) is 8.76. The van der Waals surface area contributed by atoms with Crippen molar-refractivity contribution in [3.8, 4) is 5.75 Å². The van der Waals surface area contributed by atoms with Gasteiger partial charge in [-0.3, -0.25) is 9.59 Å². The summed E-state index contributed by atoms with van der Waals surface area (Å²) in [6.07, 6.45) is 4.86. The van der Waals surface area contributed by atoms with Crippen LogP contribution in [0.3, 0.4) is 0 Å². The number of nitrogens with one attached hydrogen (secondary N) is 1. The van der Waals surface area contributed by atoms with Crippen molar-refractivity contribution in [3.05, 3.63) is 81.0 Å². The number of benzene rings is 3. The van der Waals surface area contributed by atoms with E-state index in [0.29, 0.717) is 62.9 Å². The van der Waals surface area contributed by atoms with Gasteiger partial charge >= 0.3 is 0 Å². The van der Waals surface area contributed by atoms with Gasteiger partial charge in [-0.25, -0.2) is 31.9 Å². The summed E-state index contributed by atoms with van der Waals surface area (Å²) in [6, 6.07) is 15.4. The summed E-state index contributed by atoms with van der Waals surface area (Å²) in [6.45, 7) is 0. The summed E-state index contributed by atoms with van der Waals surface area (Å²) in [5.74, 6) is -4.28.